The maximum absolute atomic E-state index is 11.3. The molecule has 4 heteroatoms. The quantitative estimate of drug-likeness (QED) is 0.574. The molecule has 0 aliphatic heterocycles. The summed E-state index contributed by atoms with van der Waals surface area (Å²) in [6.45, 7) is 3.88. The fraction of sp³-hybridized carbons (Fsp3) is 0.462. The van der Waals surface area contributed by atoms with E-state index in [0.717, 1.165) is 18.4 Å². The normalized spacial score (nSPS) is 12.8. The predicted molar refractivity (Wildman–Crippen MR) is 63.2 cm³/mol. The summed E-state index contributed by atoms with van der Waals surface area (Å²) >= 11 is 0. The van der Waals surface area contributed by atoms with Crippen LogP contribution in [0.25, 0.3) is 0 Å². The van der Waals surface area contributed by atoms with Crippen molar-refractivity contribution in [2.45, 2.75) is 38.5 Å². The van der Waals surface area contributed by atoms with E-state index in [4.69, 9.17) is 0 Å². The summed E-state index contributed by atoms with van der Waals surface area (Å²) in [5.41, 5.74) is 0.156. The number of aliphatic carboxylic acids is 1. The Morgan fingerprint density at radius 2 is 1.88 bits per heavy atom. The van der Waals surface area contributed by atoms with Gasteiger partial charge in [-0.05, 0) is 18.9 Å². The summed E-state index contributed by atoms with van der Waals surface area (Å²) in [6.07, 6.45) is 2.66. The van der Waals surface area contributed by atoms with E-state index in [0.29, 0.717) is 6.42 Å². The van der Waals surface area contributed by atoms with Crippen molar-refractivity contribution in [1.29, 1.82) is 0 Å². The zero-order valence-corrected chi connectivity index (χ0v) is 13.4. The minimum Gasteiger partial charge on any atom is -1.00 e. The molecule has 1 rings (SSSR count). The van der Waals surface area contributed by atoms with Crippen LogP contribution in [-0.2, 0) is 10.2 Å². The Hall–Kier alpha value is 0.287. The standard InChI is InChI=1S/C13H18O2.Li.Na.2H/c1-3-4-10-13(2,12(14)15)11-8-6-5-7-9-11;;;;/h5-9H,3-4,10H2,1-2H3,(H,14,15);;;;/q;2*+1;2*-1. The molecule has 0 fully saturated rings. The number of benzene rings is 1. The molecule has 0 amide bonds. The van der Waals surface area contributed by atoms with Crippen molar-refractivity contribution in [3.63, 3.8) is 0 Å². The van der Waals surface area contributed by atoms with Crippen LogP contribution in [0.3, 0.4) is 0 Å². The van der Waals surface area contributed by atoms with Crippen molar-refractivity contribution in [3.05, 3.63) is 35.9 Å². The maximum Gasteiger partial charge on any atom is 1.00 e. The molecule has 0 saturated heterocycles. The second-order valence-electron chi connectivity index (χ2n) is 4.11. The third-order valence-corrected chi connectivity index (χ3v) is 2.91. The van der Waals surface area contributed by atoms with Crippen LogP contribution in [0.5, 0.6) is 0 Å². The van der Waals surface area contributed by atoms with Crippen molar-refractivity contribution < 1.29 is 61.2 Å². The van der Waals surface area contributed by atoms with Crippen LogP contribution in [0.1, 0.15) is 41.5 Å². The van der Waals surface area contributed by atoms with Gasteiger partial charge < -0.3 is 7.96 Å². The maximum atomic E-state index is 11.3. The molecular formula is C13H20LiNaO2. The molecule has 0 spiro atoms. The Bertz CT molecular complexity index is 339. The molecule has 0 bridgehead atoms. The van der Waals surface area contributed by atoms with E-state index in [9.17, 15) is 9.90 Å². The third-order valence-electron chi connectivity index (χ3n) is 2.91. The summed E-state index contributed by atoms with van der Waals surface area (Å²) in [7, 11) is 0. The fourth-order valence-electron chi connectivity index (χ4n) is 1.71. The molecule has 0 radical (unpaired) electrons. The second kappa shape index (κ2) is 9.25. The Morgan fingerprint density at radius 1 is 1.35 bits per heavy atom. The number of rotatable bonds is 5. The van der Waals surface area contributed by atoms with Crippen LogP contribution < -0.4 is 48.4 Å². The largest absolute Gasteiger partial charge is 1.00 e. The van der Waals surface area contributed by atoms with Crippen molar-refractivity contribution in [3.8, 4) is 0 Å². The van der Waals surface area contributed by atoms with Gasteiger partial charge in [0.1, 0.15) is 0 Å². The zero-order chi connectivity index (χ0) is 11.3. The SMILES string of the molecule is CCCCC(C)(C(=O)O)c1ccccc1.[H-].[H-].[Li+].[Na+]. The van der Waals surface area contributed by atoms with Crippen LogP contribution in [0.2, 0.25) is 0 Å². The first kappa shape index (κ1) is 19.6. The van der Waals surface area contributed by atoms with Crippen LogP contribution in [0.15, 0.2) is 30.3 Å². The third kappa shape index (κ3) is 5.20. The summed E-state index contributed by atoms with van der Waals surface area (Å²) < 4.78 is 0. The van der Waals surface area contributed by atoms with E-state index >= 15 is 0 Å². The van der Waals surface area contributed by atoms with Crippen molar-refractivity contribution in [2.75, 3.05) is 0 Å². The van der Waals surface area contributed by atoms with E-state index in [1.807, 2.05) is 30.3 Å². The molecule has 17 heavy (non-hydrogen) atoms. The van der Waals surface area contributed by atoms with Gasteiger partial charge in [0, 0.05) is 0 Å². The zero-order valence-electron chi connectivity index (χ0n) is 13.4. The Balaban J connectivity index is -0.000000281. The molecule has 1 atom stereocenters. The van der Waals surface area contributed by atoms with Gasteiger partial charge in [-0.15, -0.1) is 0 Å². The van der Waals surface area contributed by atoms with E-state index in [1.165, 1.54) is 0 Å². The van der Waals surface area contributed by atoms with Gasteiger partial charge in [0.2, 0.25) is 0 Å². The Kier molecular flexibility index (Phi) is 10.7. The first-order valence-electron chi connectivity index (χ1n) is 5.40. The number of carboxylic acids is 1. The molecule has 0 aliphatic carbocycles. The average molecular weight is 238 g/mol. The molecule has 1 aromatic rings. The summed E-state index contributed by atoms with van der Waals surface area (Å²) in [6, 6.07) is 9.48. The summed E-state index contributed by atoms with van der Waals surface area (Å²) in [4.78, 5) is 11.3. The van der Waals surface area contributed by atoms with Crippen molar-refractivity contribution in [1.82, 2.24) is 0 Å². The summed E-state index contributed by atoms with van der Waals surface area (Å²) in [5.74, 6) is -0.734. The molecule has 0 aromatic heterocycles. The Labute approximate surface area is 141 Å². The molecule has 0 heterocycles. The van der Waals surface area contributed by atoms with Crippen LogP contribution >= 0.6 is 0 Å². The first-order valence-corrected chi connectivity index (χ1v) is 5.40. The number of carbonyl (C=O) groups is 1. The molecule has 0 saturated carbocycles. The van der Waals surface area contributed by atoms with Crippen LogP contribution in [0.4, 0.5) is 0 Å². The molecule has 1 N–H and O–H groups in total. The van der Waals surface area contributed by atoms with Gasteiger partial charge in [0.15, 0.2) is 0 Å². The monoisotopic (exact) mass is 238 g/mol. The van der Waals surface area contributed by atoms with E-state index < -0.39 is 11.4 Å². The van der Waals surface area contributed by atoms with Gasteiger partial charge in [-0.1, -0.05) is 50.1 Å². The van der Waals surface area contributed by atoms with Gasteiger partial charge in [0.25, 0.3) is 0 Å². The predicted octanol–water partition coefficient (Wildman–Crippen LogP) is -2.55. The smallest absolute Gasteiger partial charge is 1.00 e. The van der Waals surface area contributed by atoms with Crippen LogP contribution in [0, 0.1) is 0 Å². The minimum atomic E-state index is -0.739. The topological polar surface area (TPSA) is 37.3 Å². The summed E-state index contributed by atoms with van der Waals surface area (Å²) in [5, 5.41) is 9.31. The number of hydrogen-bond donors (Lipinski definition) is 1. The van der Waals surface area contributed by atoms with Gasteiger partial charge in [0.05, 0.1) is 5.41 Å². The number of unbranched alkanes of at least 4 members (excludes halogenated alkanes) is 1. The molecule has 1 aromatic carbocycles. The first-order chi connectivity index (χ1) is 7.11. The average Bonchev–Trinajstić information content (AvgIpc) is 2.27. The van der Waals surface area contributed by atoms with Gasteiger partial charge >= 0.3 is 54.4 Å². The van der Waals surface area contributed by atoms with Crippen molar-refractivity contribution in [2.24, 2.45) is 0 Å². The fourth-order valence-corrected chi connectivity index (χ4v) is 1.71. The van der Waals surface area contributed by atoms with Crippen molar-refractivity contribution >= 4 is 5.97 Å². The molecule has 2 nitrogen and oxygen atoms in total. The van der Waals surface area contributed by atoms with E-state index in [2.05, 4.69) is 6.92 Å². The molecule has 1 unspecified atom stereocenters. The second-order valence-corrected chi connectivity index (χ2v) is 4.11. The molecule has 86 valence electrons. The Morgan fingerprint density at radius 3 is 2.29 bits per heavy atom. The van der Waals surface area contributed by atoms with E-state index in [1.54, 1.807) is 6.92 Å². The van der Waals surface area contributed by atoms with Gasteiger partial charge in [-0.3, -0.25) is 4.79 Å². The van der Waals surface area contributed by atoms with Crippen LogP contribution in [-0.4, -0.2) is 11.1 Å². The van der Waals surface area contributed by atoms with Gasteiger partial charge in [-0.2, -0.15) is 0 Å². The minimum absolute atomic E-state index is 0. The number of carboxylic acid groups (broad SMARTS) is 1. The molecule has 0 aliphatic rings. The van der Waals surface area contributed by atoms with Gasteiger partial charge in [-0.25, -0.2) is 0 Å². The van der Waals surface area contributed by atoms with E-state index in [-0.39, 0.29) is 51.3 Å². The number of hydrogen-bond acceptors (Lipinski definition) is 1. The molecular weight excluding hydrogens is 218 g/mol.